The van der Waals surface area contributed by atoms with Gasteiger partial charge in [-0.3, -0.25) is 4.79 Å². The number of carbonyl (C=O) groups excluding carboxylic acids is 2. The summed E-state index contributed by atoms with van der Waals surface area (Å²) >= 11 is 1.50. The second kappa shape index (κ2) is 5.78. The molecular formula is C11H14NNaO3S. The topological polar surface area (TPSA) is 60.4 Å². The number of thioether (sulfide) groups is 1. The zero-order valence-electron chi connectivity index (χ0n) is 10.4. The molecule has 0 radical (unpaired) electrons. The molecular weight excluding hydrogens is 249 g/mol. The van der Waals surface area contributed by atoms with Crippen LogP contribution in [0, 0.1) is 5.92 Å². The van der Waals surface area contributed by atoms with Crippen molar-refractivity contribution >= 4 is 23.6 Å². The maximum atomic E-state index is 11.7. The fourth-order valence-electron chi connectivity index (χ4n) is 2.50. The van der Waals surface area contributed by atoms with Gasteiger partial charge >= 0.3 is 29.6 Å². The van der Waals surface area contributed by atoms with Crippen LogP contribution in [-0.2, 0) is 9.59 Å². The molecule has 0 saturated carbocycles. The van der Waals surface area contributed by atoms with Gasteiger partial charge in [-0.2, -0.15) is 0 Å². The Morgan fingerprint density at radius 3 is 2.65 bits per heavy atom. The van der Waals surface area contributed by atoms with E-state index < -0.39 is 5.97 Å². The van der Waals surface area contributed by atoms with Crippen LogP contribution in [0.25, 0.3) is 0 Å². The minimum atomic E-state index is -1.22. The van der Waals surface area contributed by atoms with Gasteiger partial charge in [0.1, 0.15) is 0 Å². The molecule has 0 aromatic carbocycles. The number of carbonyl (C=O) groups is 2. The normalized spacial score (nSPS) is 26.5. The van der Waals surface area contributed by atoms with Crippen molar-refractivity contribution in [1.82, 2.24) is 4.90 Å². The fraction of sp³-hybridized carbons (Fsp3) is 0.636. The summed E-state index contributed by atoms with van der Waals surface area (Å²) in [5.41, 5.74) is 0.117. The third kappa shape index (κ3) is 2.30. The van der Waals surface area contributed by atoms with Gasteiger partial charge < -0.3 is 14.8 Å². The number of rotatable bonds is 4. The molecule has 2 rings (SSSR count). The number of carboxylic acids is 1. The third-order valence-corrected chi connectivity index (χ3v) is 4.20. The maximum Gasteiger partial charge on any atom is 1.00 e. The minimum absolute atomic E-state index is 0. The van der Waals surface area contributed by atoms with Gasteiger partial charge in [0.15, 0.2) is 0 Å². The van der Waals surface area contributed by atoms with E-state index in [1.807, 2.05) is 13.8 Å². The minimum Gasteiger partial charge on any atom is -0.543 e. The molecule has 0 bridgehead atoms. The van der Waals surface area contributed by atoms with Crippen LogP contribution >= 0.6 is 11.8 Å². The van der Waals surface area contributed by atoms with Crippen LogP contribution in [0.3, 0.4) is 0 Å². The summed E-state index contributed by atoms with van der Waals surface area (Å²) in [5, 5.41) is 11.0. The second-order valence-electron chi connectivity index (χ2n) is 3.99. The van der Waals surface area contributed by atoms with E-state index in [-0.39, 0.29) is 53.1 Å². The molecule has 0 aliphatic carbocycles. The number of amides is 1. The van der Waals surface area contributed by atoms with Crippen LogP contribution in [0.1, 0.15) is 26.7 Å². The molecule has 0 aromatic rings. The quantitative estimate of drug-likeness (QED) is 0.410. The summed E-state index contributed by atoms with van der Waals surface area (Å²) < 4.78 is 0. The maximum absolute atomic E-state index is 11.7. The Labute approximate surface area is 127 Å². The third-order valence-electron chi connectivity index (χ3n) is 3.20. The molecule has 17 heavy (non-hydrogen) atoms. The number of β-lactam (4-membered cyclic amide) rings is 1. The number of aliphatic carboxylic acids is 1. The van der Waals surface area contributed by atoms with Gasteiger partial charge in [0.05, 0.1) is 23.6 Å². The van der Waals surface area contributed by atoms with E-state index in [1.54, 1.807) is 0 Å². The molecule has 2 atom stereocenters. The van der Waals surface area contributed by atoms with Crippen molar-refractivity contribution in [3.8, 4) is 0 Å². The van der Waals surface area contributed by atoms with Gasteiger partial charge in [0.25, 0.3) is 0 Å². The molecule has 0 spiro atoms. The van der Waals surface area contributed by atoms with Crippen LogP contribution in [0.4, 0.5) is 0 Å². The van der Waals surface area contributed by atoms with Gasteiger partial charge in [0.2, 0.25) is 5.91 Å². The Kier molecular flexibility index (Phi) is 5.13. The molecule has 6 heteroatoms. The standard InChI is InChI=1S/C11H15NO3S.Na/c1-3-6-7-5-8(16-4-2)9(11(14)15)12(7)10(6)13;/h6-7H,3-5H2,1-2H3,(H,14,15);/q;+1/p-1/t6-,7?;/m1./s1. The number of nitrogens with zero attached hydrogens (tertiary/aromatic N) is 1. The first-order valence-electron chi connectivity index (χ1n) is 5.52. The van der Waals surface area contributed by atoms with Crippen molar-refractivity contribution < 1.29 is 44.3 Å². The van der Waals surface area contributed by atoms with E-state index >= 15 is 0 Å². The number of fused-ring (bicyclic) bond motifs is 1. The Bertz CT molecular complexity index is 383. The van der Waals surface area contributed by atoms with Gasteiger partial charge in [0, 0.05) is 11.3 Å². The predicted octanol–water partition coefficient (Wildman–Crippen LogP) is -2.65. The molecule has 4 nitrogen and oxygen atoms in total. The van der Waals surface area contributed by atoms with Gasteiger partial charge in [-0.15, -0.1) is 11.8 Å². The SMILES string of the molecule is CCSC1=C(C(=O)[O-])N2C(=O)[C@H](CC)C2C1.[Na+]. The molecule has 88 valence electrons. The molecule has 2 aliphatic heterocycles. The van der Waals surface area contributed by atoms with E-state index in [9.17, 15) is 14.7 Å². The predicted molar refractivity (Wildman–Crippen MR) is 59.2 cm³/mol. The Morgan fingerprint density at radius 2 is 2.18 bits per heavy atom. The number of carboxylic acid groups (broad SMARTS) is 1. The zero-order chi connectivity index (χ0) is 11.9. The first-order valence-corrected chi connectivity index (χ1v) is 6.50. The van der Waals surface area contributed by atoms with Crippen LogP contribution < -0.4 is 34.7 Å². The summed E-state index contributed by atoms with van der Waals surface area (Å²) in [7, 11) is 0. The molecule has 1 saturated heterocycles. The largest absolute Gasteiger partial charge is 1.00 e. The van der Waals surface area contributed by atoms with Crippen molar-refractivity contribution in [3.05, 3.63) is 10.6 Å². The summed E-state index contributed by atoms with van der Waals surface area (Å²) in [6.07, 6.45) is 1.47. The van der Waals surface area contributed by atoms with E-state index in [1.165, 1.54) is 16.7 Å². The fourth-order valence-corrected chi connectivity index (χ4v) is 3.45. The summed E-state index contributed by atoms with van der Waals surface area (Å²) in [5.74, 6) is -0.457. The summed E-state index contributed by atoms with van der Waals surface area (Å²) in [6, 6.07) is 0.0689. The van der Waals surface area contributed by atoms with Crippen molar-refractivity contribution in [2.45, 2.75) is 32.7 Å². The van der Waals surface area contributed by atoms with Crippen LogP contribution in [-0.4, -0.2) is 28.6 Å². The molecule has 1 unspecified atom stereocenters. The van der Waals surface area contributed by atoms with Crippen LogP contribution in [0.5, 0.6) is 0 Å². The average Bonchev–Trinajstić information content (AvgIpc) is 2.55. The molecule has 2 heterocycles. The monoisotopic (exact) mass is 263 g/mol. The Morgan fingerprint density at radius 1 is 1.53 bits per heavy atom. The van der Waals surface area contributed by atoms with Crippen LogP contribution in [0.2, 0.25) is 0 Å². The van der Waals surface area contributed by atoms with E-state index in [2.05, 4.69) is 0 Å². The smallest absolute Gasteiger partial charge is 0.543 e. The molecule has 0 aromatic heterocycles. The van der Waals surface area contributed by atoms with Crippen molar-refractivity contribution in [3.63, 3.8) is 0 Å². The number of hydrogen-bond acceptors (Lipinski definition) is 4. The van der Waals surface area contributed by atoms with E-state index in [4.69, 9.17) is 0 Å². The average molecular weight is 263 g/mol. The first-order chi connectivity index (χ1) is 7.61. The van der Waals surface area contributed by atoms with Crippen LogP contribution in [0.15, 0.2) is 10.6 Å². The van der Waals surface area contributed by atoms with Crippen molar-refractivity contribution in [2.75, 3.05) is 5.75 Å². The zero-order valence-corrected chi connectivity index (χ0v) is 13.2. The molecule has 1 amide bonds. The summed E-state index contributed by atoms with van der Waals surface area (Å²) in [4.78, 5) is 25.0. The Hall–Kier alpha value is 0.0300. The van der Waals surface area contributed by atoms with E-state index in [0.29, 0.717) is 6.42 Å². The second-order valence-corrected chi connectivity index (χ2v) is 5.35. The van der Waals surface area contributed by atoms with Crippen molar-refractivity contribution in [1.29, 1.82) is 0 Å². The number of hydrogen-bond donors (Lipinski definition) is 0. The van der Waals surface area contributed by atoms with Crippen molar-refractivity contribution in [2.24, 2.45) is 5.92 Å². The van der Waals surface area contributed by atoms with Gasteiger partial charge in [-0.25, -0.2) is 0 Å². The van der Waals surface area contributed by atoms with Gasteiger partial charge in [-0.05, 0) is 12.2 Å². The summed E-state index contributed by atoms with van der Waals surface area (Å²) in [6.45, 7) is 3.93. The van der Waals surface area contributed by atoms with Gasteiger partial charge in [-0.1, -0.05) is 13.8 Å². The molecule has 2 aliphatic rings. The Balaban J connectivity index is 0.00000144. The molecule has 0 N–H and O–H groups in total. The first kappa shape index (κ1) is 15.1. The molecule has 1 fully saturated rings. The van der Waals surface area contributed by atoms with E-state index in [0.717, 1.165) is 17.1 Å².